The lowest BCUT2D eigenvalue weighted by molar-refractivity contribution is 0.0994. The third-order valence-corrected chi connectivity index (χ3v) is 5.00. The zero-order valence-electron chi connectivity index (χ0n) is 14.5. The Hall–Kier alpha value is -2.44. The molecule has 0 saturated heterocycles. The first-order valence-electron chi connectivity index (χ1n) is 7.95. The molecule has 0 aliphatic rings. The van der Waals surface area contributed by atoms with Crippen LogP contribution in [0.2, 0.25) is 0 Å². The number of para-hydroxylation sites is 2. The van der Waals surface area contributed by atoms with Gasteiger partial charge in [0.25, 0.3) is 5.91 Å². The minimum Gasteiger partial charge on any atom is -0.496 e. The second-order valence-electron chi connectivity index (χ2n) is 5.57. The number of fused-ring (bicyclic) bond motifs is 1. The molecule has 130 valence electrons. The maximum absolute atomic E-state index is 12.7. The van der Waals surface area contributed by atoms with Crippen LogP contribution >= 0.6 is 11.3 Å². The molecule has 3 aromatic rings. The zero-order valence-corrected chi connectivity index (χ0v) is 15.3. The molecule has 1 amide bonds. The minimum absolute atomic E-state index is 0.312. The van der Waals surface area contributed by atoms with Gasteiger partial charge in [-0.05, 0) is 30.7 Å². The molecule has 0 N–H and O–H groups in total. The molecule has 0 fully saturated rings. The number of hydrogen-bond donors (Lipinski definition) is 0. The van der Waals surface area contributed by atoms with E-state index >= 15 is 0 Å². The van der Waals surface area contributed by atoms with E-state index in [0.29, 0.717) is 29.3 Å². The fraction of sp³-hybridized carbons (Fsp3) is 0.263. The van der Waals surface area contributed by atoms with Gasteiger partial charge < -0.3 is 14.0 Å². The lowest BCUT2D eigenvalue weighted by Gasteiger charge is -2.07. The van der Waals surface area contributed by atoms with E-state index in [0.717, 1.165) is 15.8 Å². The van der Waals surface area contributed by atoms with Crippen LogP contribution in [-0.2, 0) is 11.3 Å². The average Bonchev–Trinajstić information content (AvgIpc) is 2.98. The average molecular weight is 356 g/mol. The highest BCUT2D eigenvalue weighted by molar-refractivity contribution is 7.16. The summed E-state index contributed by atoms with van der Waals surface area (Å²) in [6.07, 6.45) is 0. The molecule has 1 heterocycles. The molecule has 0 spiro atoms. The van der Waals surface area contributed by atoms with Gasteiger partial charge in [0.15, 0.2) is 4.80 Å². The number of rotatable bonds is 5. The number of methoxy groups -OCH3 is 2. The molecule has 0 radical (unpaired) electrons. The van der Waals surface area contributed by atoms with E-state index in [1.165, 1.54) is 11.3 Å². The van der Waals surface area contributed by atoms with Gasteiger partial charge in [0.2, 0.25) is 0 Å². The molecule has 6 heteroatoms. The highest BCUT2D eigenvalue weighted by Gasteiger charge is 2.13. The van der Waals surface area contributed by atoms with E-state index in [1.807, 2.05) is 22.8 Å². The first-order chi connectivity index (χ1) is 12.2. The maximum atomic E-state index is 12.7. The summed E-state index contributed by atoms with van der Waals surface area (Å²) in [4.78, 5) is 17.7. The Kier molecular flexibility index (Phi) is 5.31. The lowest BCUT2D eigenvalue weighted by atomic mass is 10.2. The van der Waals surface area contributed by atoms with Gasteiger partial charge in [-0.25, -0.2) is 0 Å². The van der Waals surface area contributed by atoms with Crippen LogP contribution in [0.1, 0.15) is 15.9 Å². The Labute approximate surface area is 150 Å². The summed E-state index contributed by atoms with van der Waals surface area (Å²) < 4.78 is 13.6. The monoisotopic (exact) mass is 356 g/mol. The molecule has 0 atom stereocenters. The second-order valence-corrected chi connectivity index (χ2v) is 6.58. The summed E-state index contributed by atoms with van der Waals surface area (Å²) in [7, 11) is 3.21. The molecule has 0 bridgehead atoms. The number of carbonyl (C=O) groups excluding carboxylic acids is 1. The SMILES string of the molecule is COCCn1c(=NC(=O)c2ccccc2OC)sc2cccc(C)c21. The molecule has 25 heavy (non-hydrogen) atoms. The second kappa shape index (κ2) is 7.63. The van der Waals surface area contributed by atoms with Crippen molar-refractivity contribution in [1.29, 1.82) is 0 Å². The summed E-state index contributed by atoms with van der Waals surface area (Å²) in [6, 6.07) is 13.2. The number of nitrogens with zero attached hydrogens (tertiary/aromatic N) is 2. The predicted molar refractivity (Wildman–Crippen MR) is 99.3 cm³/mol. The number of ether oxygens (including phenoxy) is 2. The summed E-state index contributed by atoms with van der Waals surface area (Å²) >= 11 is 1.50. The van der Waals surface area contributed by atoms with Crippen molar-refractivity contribution in [3.8, 4) is 5.75 Å². The van der Waals surface area contributed by atoms with E-state index in [2.05, 4.69) is 18.0 Å². The van der Waals surface area contributed by atoms with Gasteiger partial charge in [0, 0.05) is 13.7 Å². The Bertz CT molecular complexity index is 972. The molecule has 0 aliphatic heterocycles. The number of carbonyl (C=O) groups is 1. The molecule has 5 nitrogen and oxygen atoms in total. The van der Waals surface area contributed by atoms with Crippen LogP contribution in [0.4, 0.5) is 0 Å². The fourth-order valence-electron chi connectivity index (χ4n) is 2.75. The molecule has 0 unspecified atom stereocenters. The van der Waals surface area contributed by atoms with Crippen LogP contribution in [0.3, 0.4) is 0 Å². The van der Waals surface area contributed by atoms with E-state index < -0.39 is 0 Å². The smallest absolute Gasteiger partial charge is 0.283 e. The van der Waals surface area contributed by atoms with Crippen molar-refractivity contribution in [2.75, 3.05) is 20.8 Å². The van der Waals surface area contributed by atoms with Crippen LogP contribution in [-0.4, -0.2) is 31.3 Å². The predicted octanol–water partition coefficient (Wildman–Crippen LogP) is 3.41. The Morgan fingerprint density at radius 2 is 1.96 bits per heavy atom. The summed E-state index contributed by atoms with van der Waals surface area (Å²) in [6.45, 7) is 3.25. The third kappa shape index (κ3) is 3.50. The Balaban J connectivity index is 2.15. The van der Waals surface area contributed by atoms with Crippen LogP contribution < -0.4 is 9.54 Å². The largest absolute Gasteiger partial charge is 0.496 e. The van der Waals surface area contributed by atoms with Crippen LogP contribution in [0.25, 0.3) is 10.2 Å². The van der Waals surface area contributed by atoms with Gasteiger partial charge in [0.05, 0.1) is 29.5 Å². The topological polar surface area (TPSA) is 52.8 Å². The number of amides is 1. The number of benzene rings is 2. The number of thiazole rings is 1. The molecule has 0 saturated carbocycles. The molecular formula is C19H20N2O3S. The quantitative estimate of drug-likeness (QED) is 0.704. The molecule has 0 aliphatic carbocycles. The minimum atomic E-state index is -0.312. The van der Waals surface area contributed by atoms with E-state index in [-0.39, 0.29) is 5.91 Å². The van der Waals surface area contributed by atoms with Crippen molar-refractivity contribution >= 4 is 27.5 Å². The lowest BCUT2D eigenvalue weighted by Crippen LogP contribution is -2.19. The van der Waals surface area contributed by atoms with Crippen molar-refractivity contribution < 1.29 is 14.3 Å². The molecular weight excluding hydrogens is 336 g/mol. The van der Waals surface area contributed by atoms with Crippen molar-refractivity contribution in [3.05, 3.63) is 58.4 Å². The van der Waals surface area contributed by atoms with Gasteiger partial charge >= 0.3 is 0 Å². The van der Waals surface area contributed by atoms with Crippen LogP contribution in [0.15, 0.2) is 47.5 Å². The zero-order chi connectivity index (χ0) is 17.8. The Morgan fingerprint density at radius 1 is 1.16 bits per heavy atom. The van der Waals surface area contributed by atoms with Crippen molar-refractivity contribution in [3.63, 3.8) is 0 Å². The molecule has 3 rings (SSSR count). The van der Waals surface area contributed by atoms with Crippen molar-refractivity contribution in [1.82, 2.24) is 4.57 Å². The Morgan fingerprint density at radius 3 is 2.72 bits per heavy atom. The fourth-order valence-corrected chi connectivity index (χ4v) is 3.88. The van der Waals surface area contributed by atoms with Gasteiger partial charge in [-0.1, -0.05) is 35.6 Å². The van der Waals surface area contributed by atoms with Gasteiger partial charge in [-0.2, -0.15) is 4.99 Å². The van der Waals surface area contributed by atoms with Crippen molar-refractivity contribution in [2.24, 2.45) is 4.99 Å². The summed E-state index contributed by atoms with van der Waals surface area (Å²) in [5, 5.41) is 0. The summed E-state index contributed by atoms with van der Waals surface area (Å²) in [5.41, 5.74) is 2.70. The van der Waals surface area contributed by atoms with Crippen LogP contribution in [0, 0.1) is 6.92 Å². The van der Waals surface area contributed by atoms with Crippen molar-refractivity contribution in [2.45, 2.75) is 13.5 Å². The highest BCUT2D eigenvalue weighted by Crippen LogP contribution is 2.22. The van der Waals surface area contributed by atoms with E-state index in [4.69, 9.17) is 9.47 Å². The van der Waals surface area contributed by atoms with Gasteiger partial charge in [-0.3, -0.25) is 4.79 Å². The number of hydrogen-bond acceptors (Lipinski definition) is 4. The number of aromatic nitrogens is 1. The molecule has 1 aromatic heterocycles. The standard InChI is InChI=1S/C19H20N2O3S/c1-13-7-6-10-16-17(13)21(11-12-23-2)19(25-16)20-18(22)14-8-4-5-9-15(14)24-3/h4-10H,11-12H2,1-3H3. The third-order valence-electron chi connectivity index (χ3n) is 3.96. The van der Waals surface area contributed by atoms with Gasteiger partial charge in [-0.15, -0.1) is 0 Å². The first kappa shape index (κ1) is 17.4. The van der Waals surface area contributed by atoms with Gasteiger partial charge in [0.1, 0.15) is 5.75 Å². The molecule has 2 aromatic carbocycles. The highest BCUT2D eigenvalue weighted by atomic mass is 32.1. The number of aryl methyl sites for hydroxylation is 1. The van der Waals surface area contributed by atoms with E-state index in [1.54, 1.807) is 32.4 Å². The maximum Gasteiger partial charge on any atom is 0.283 e. The first-order valence-corrected chi connectivity index (χ1v) is 8.77. The van der Waals surface area contributed by atoms with E-state index in [9.17, 15) is 4.79 Å². The summed E-state index contributed by atoms with van der Waals surface area (Å²) in [5.74, 6) is 0.213. The normalized spacial score (nSPS) is 11.9. The van der Waals surface area contributed by atoms with Crippen LogP contribution in [0.5, 0.6) is 5.75 Å².